The smallest absolute Gasteiger partial charge is 0.243 e. The lowest BCUT2D eigenvalue weighted by molar-refractivity contribution is 0.210. The van der Waals surface area contributed by atoms with Gasteiger partial charge in [-0.3, -0.25) is 0 Å². The zero-order valence-electron chi connectivity index (χ0n) is 19.1. The van der Waals surface area contributed by atoms with E-state index in [4.69, 9.17) is 9.47 Å². The normalized spacial score (nSPS) is 21.9. The van der Waals surface area contributed by atoms with E-state index in [1.165, 1.54) is 0 Å². The van der Waals surface area contributed by atoms with Crippen molar-refractivity contribution >= 4 is 15.7 Å². The summed E-state index contributed by atoms with van der Waals surface area (Å²) in [4.78, 5) is 0.237. The van der Waals surface area contributed by atoms with Crippen LogP contribution in [0, 0.1) is 5.92 Å². The number of methoxy groups -OCH3 is 2. The van der Waals surface area contributed by atoms with Crippen LogP contribution in [0.4, 0.5) is 5.69 Å². The fourth-order valence-corrected chi connectivity index (χ4v) is 6.80. The van der Waals surface area contributed by atoms with Gasteiger partial charge in [-0.25, -0.2) is 8.42 Å². The molecule has 0 amide bonds. The Morgan fingerprint density at radius 2 is 1.56 bits per heavy atom. The van der Waals surface area contributed by atoms with Gasteiger partial charge in [-0.05, 0) is 71.6 Å². The molecule has 3 aromatic carbocycles. The first-order valence-electron chi connectivity index (χ1n) is 11.3. The second-order valence-corrected chi connectivity index (χ2v) is 10.5. The first-order valence-corrected chi connectivity index (χ1v) is 12.7. The zero-order valence-corrected chi connectivity index (χ0v) is 20.0. The van der Waals surface area contributed by atoms with Gasteiger partial charge in [0.05, 0.1) is 37.8 Å². The number of aliphatic hydroxyl groups excluding tert-OH is 1. The summed E-state index contributed by atoms with van der Waals surface area (Å²) in [5.41, 5.74) is 3.80. The van der Waals surface area contributed by atoms with Crippen molar-refractivity contribution in [3.05, 3.63) is 72.3 Å². The van der Waals surface area contributed by atoms with Crippen molar-refractivity contribution in [2.45, 2.75) is 23.4 Å². The standard InChI is InChI=1S/C26H28N2O5S/c1-32-19-6-3-17(4-7-19)18-5-12-24-23(15-18)26-22(25(16-29)27-24)13-14-28(26)34(30,31)21-10-8-20(33-2)9-11-21/h3-12,15,22,25-27,29H,13-14,16H2,1-2H3/t22-,25+,26-/m1/s1. The minimum Gasteiger partial charge on any atom is -0.497 e. The molecule has 3 atom stereocenters. The average molecular weight is 481 g/mol. The lowest BCUT2D eigenvalue weighted by Gasteiger charge is -2.39. The van der Waals surface area contributed by atoms with Crippen molar-refractivity contribution < 1.29 is 23.0 Å². The second kappa shape index (κ2) is 8.94. The Bertz CT molecular complexity index is 1280. The Labute approximate surface area is 200 Å². The number of sulfonamides is 1. The number of ether oxygens (including phenoxy) is 2. The van der Waals surface area contributed by atoms with Crippen LogP contribution in [0.5, 0.6) is 11.5 Å². The van der Waals surface area contributed by atoms with Gasteiger partial charge in [0.25, 0.3) is 0 Å². The van der Waals surface area contributed by atoms with Gasteiger partial charge in [-0.1, -0.05) is 18.2 Å². The molecule has 0 radical (unpaired) electrons. The minimum atomic E-state index is -3.74. The topological polar surface area (TPSA) is 88.1 Å². The van der Waals surface area contributed by atoms with E-state index in [1.54, 1.807) is 42.8 Å². The first-order chi connectivity index (χ1) is 16.5. The highest BCUT2D eigenvalue weighted by Gasteiger charge is 2.48. The fourth-order valence-electron chi connectivity index (χ4n) is 5.14. The third-order valence-corrected chi connectivity index (χ3v) is 8.81. The molecule has 3 aromatic rings. The summed E-state index contributed by atoms with van der Waals surface area (Å²) in [5, 5.41) is 13.5. The maximum atomic E-state index is 13.7. The number of nitrogens with one attached hydrogen (secondary N) is 1. The van der Waals surface area contributed by atoms with E-state index >= 15 is 0 Å². The molecule has 178 valence electrons. The van der Waals surface area contributed by atoms with Gasteiger partial charge in [0, 0.05) is 18.2 Å². The molecule has 7 nitrogen and oxygen atoms in total. The van der Waals surface area contributed by atoms with Crippen LogP contribution in [0.15, 0.2) is 71.6 Å². The molecule has 2 aliphatic rings. The first kappa shape index (κ1) is 22.7. The summed E-state index contributed by atoms with van der Waals surface area (Å²) >= 11 is 0. The molecule has 0 unspecified atom stereocenters. The Kier molecular flexibility index (Phi) is 5.97. The van der Waals surface area contributed by atoms with Crippen molar-refractivity contribution in [1.29, 1.82) is 0 Å². The van der Waals surface area contributed by atoms with Crippen LogP contribution in [0.1, 0.15) is 18.0 Å². The molecule has 1 saturated heterocycles. The molecule has 0 spiro atoms. The summed E-state index contributed by atoms with van der Waals surface area (Å²) in [7, 11) is -0.557. The van der Waals surface area contributed by atoms with Crippen molar-refractivity contribution in [2.24, 2.45) is 5.92 Å². The Balaban J connectivity index is 1.57. The summed E-state index contributed by atoms with van der Waals surface area (Å²) in [5.74, 6) is 1.35. The van der Waals surface area contributed by atoms with E-state index in [2.05, 4.69) is 11.4 Å². The molecule has 34 heavy (non-hydrogen) atoms. The second-order valence-electron chi connectivity index (χ2n) is 8.65. The zero-order chi connectivity index (χ0) is 23.9. The van der Waals surface area contributed by atoms with Gasteiger partial charge >= 0.3 is 0 Å². The Morgan fingerprint density at radius 3 is 2.18 bits per heavy atom. The van der Waals surface area contributed by atoms with E-state index in [1.807, 2.05) is 36.4 Å². The van der Waals surface area contributed by atoms with Crippen molar-refractivity contribution in [1.82, 2.24) is 4.31 Å². The van der Waals surface area contributed by atoms with E-state index in [-0.39, 0.29) is 29.5 Å². The van der Waals surface area contributed by atoms with Gasteiger partial charge in [0.1, 0.15) is 11.5 Å². The molecule has 2 heterocycles. The van der Waals surface area contributed by atoms with Crippen molar-refractivity contribution in [3.63, 3.8) is 0 Å². The fraction of sp³-hybridized carbons (Fsp3) is 0.308. The molecule has 2 N–H and O–H groups in total. The number of benzene rings is 3. The van der Waals surface area contributed by atoms with Gasteiger partial charge in [-0.15, -0.1) is 0 Å². The molecule has 2 aliphatic heterocycles. The predicted molar refractivity (Wildman–Crippen MR) is 131 cm³/mol. The SMILES string of the molecule is COc1ccc(-c2ccc3c(c2)[C@H]2[C@H](CCN2S(=O)(=O)c2ccc(OC)cc2)[C@H](CO)N3)cc1. The molecule has 1 fully saturated rings. The van der Waals surface area contributed by atoms with Crippen LogP contribution in [0.25, 0.3) is 11.1 Å². The van der Waals surface area contributed by atoms with E-state index in [0.717, 1.165) is 28.1 Å². The lowest BCUT2D eigenvalue weighted by atomic mass is 9.82. The van der Waals surface area contributed by atoms with Gasteiger partial charge < -0.3 is 19.9 Å². The summed E-state index contributed by atoms with van der Waals surface area (Å²) < 4.78 is 39.5. The largest absolute Gasteiger partial charge is 0.497 e. The van der Waals surface area contributed by atoms with Crippen LogP contribution in [-0.4, -0.2) is 51.2 Å². The van der Waals surface area contributed by atoms with Crippen LogP contribution >= 0.6 is 0 Å². The third-order valence-electron chi connectivity index (χ3n) is 6.91. The highest BCUT2D eigenvalue weighted by Crippen LogP contribution is 2.49. The van der Waals surface area contributed by atoms with Crippen molar-refractivity contribution in [3.8, 4) is 22.6 Å². The quantitative estimate of drug-likeness (QED) is 0.556. The number of fused-ring (bicyclic) bond motifs is 3. The van der Waals surface area contributed by atoms with E-state index < -0.39 is 10.0 Å². The third kappa shape index (κ3) is 3.81. The molecular weight excluding hydrogens is 452 g/mol. The van der Waals surface area contributed by atoms with Gasteiger partial charge in [0.15, 0.2) is 0 Å². The summed E-state index contributed by atoms with van der Waals surface area (Å²) in [6, 6.07) is 19.8. The number of aliphatic hydroxyl groups is 1. The molecule has 0 saturated carbocycles. The maximum Gasteiger partial charge on any atom is 0.243 e. The summed E-state index contributed by atoms with van der Waals surface area (Å²) in [6.45, 7) is 0.339. The number of hydrogen-bond donors (Lipinski definition) is 2. The van der Waals surface area contributed by atoms with Crippen molar-refractivity contribution in [2.75, 3.05) is 32.7 Å². The van der Waals surface area contributed by atoms with Crippen LogP contribution in [0.3, 0.4) is 0 Å². The van der Waals surface area contributed by atoms with E-state index in [9.17, 15) is 13.5 Å². The Hall–Kier alpha value is -3.07. The van der Waals surface area contributed by atoms with Gasteiger partial charge in [0.2, 0.25) is 10.0 Å². The average Bonchev–Trinajstić information content (AvgIpc) is 3.34. The maximum absolute atomic E-state index is 13.7. The molecule has 0 bridgehead atoms. The minimum absolute atomic E-state index is 0.0309. The molecule has 8 heteroatoms. The molecule has 5 rings (SSSR count). The highest BCUT2D eigenvalue weighted by atomic mass is 32.2. The number of rotatable bonds is 6. The molecular formula is C26H28N2O5S. The van der Waals surface area contributed by atoms with E-state index in [0.29, 0.717) is 18.7 Å². The molecule has 0 aromatic heterocycles. The number of anilines is 1. The van der Waals surface area contributed by atoms with Crippen LogP contribution < -0.4 is 14.8 Å². The van der Waals surface area contributed by atoms with Gasteiger partial charge in [-0.2, -0.15) is 4.31 Å². The number of hydrogen-bond acceptors (Lipinski definition) is 6. The summed E-state index contributed by atoms with van der Waals surface area (Å²) in [6.07, 6.45) is 0.671. The monoisotopic (exact) mass is 480 g/mol. The predicted octanol–water partition coefficient (Wildman–Crippen LogP) is 3.91. The number of nitrogens with zero attached hydrogens (tertiary/aromatic N) is 1. The molecule has 0 aliphatic carbocycles. The van der Waals surface area contributed by atoms with Crippen LogP contribution in [-0.2, 0) is 10.0 Å². The highest BCUT2D eigenvalue weighted by molar-refractivity contribution is 7.89. The Morgan fingerprint density at radius 1 is 0.941 bits per heavy atom. The van der Waals surface area contributed by atoms with Crippen LogP contribution in [0.2, 0.25) is 0 Å². The lowest BCUT2D eigenvalue weighted by Crippen LogP contribution is -2.42.